The van der Waals surface area contributed by atoms with E-state index in [-0.39, 0.29) is 24.0 Å². The lowest BCUT2D eigenvalue weighted by molar-refractivity contribution is -0.870. The maximum atomic E-state index is 5.48. The van der Waals surface area contributed by atoms with Crippen LogP contribution >= 0.6 is 0 Å². The molecule has 0 N–H and O–H groups in total. The molecule has 0 saturated carbocycles. The van der Waals surface area contributed by atoms with Gasteiger partial charge in [0.1, 0.15) is 5.75 Å². The molecule has 0 amide bonds. The molecule has 27 heavy (non-hydrogen) atoms. The largest absolute Gasteiger partial charge is 1.00 e. The van der Waals surface area contributed by atoms with E-state index in [1.54, 1.807) is 21.3 Å². The van der Waals surface area contributed by atoms with E-state index in [0.717, 1.165) is 45.8 Å². The van der Waals surface area contributed by atoms with Crippen LogP contribution in [-0.2, 0) is 6.42 Å². The maximum absolute atomic E-state index is 5.48. The number of rotatable bonds is 8. The summed E-state index contributed by atoms with van der Waals surface area (Å²) in [6.45, 7) is 1.04. The Kier molecular flexibility index (Phi) is 9.12. The molecule has 0 radical (unpaired) electrons. The molecule has 0 heterocycles. The van der Waals surface area contributed by atoms with Crippen molar-refractivity contribution in [2.24, 2.45) is 0 Å². The van der Waals surface area contributed by atoms with Crippen LogP contribution in [0.3, 0.4) is 0 Å². The van der Waals surface area contributed by atoms with Gasteiger partial charge in [0.05, 0.1) is 49.0 Å². The molecular formula is C22H30INO3. The van der Waals surface area contributed by atoms with Crippen LogP contribution in [0.5, 0.6) is 17.2 Å². The molecule has 4 nitrogen and oxygen atoms in total. The van der Waals surface area contributed by atoms with E-state index in [9.17, 15) is 0 Å². The molecule has 0 aromatic heterocycles. The average Bonchev–Trinajstić information content (AvgIpc) is 2.64. The van der Waals surface area contributed by atoms with E-state index >= 15 is 0 Å². The Morgan fingerprint density at radius 2 is 1.41 bits per heavy atom. The fraction of sp³-hybridized carbons (Fsp3) is 0.364. The molecule has 148 valence electrons. The lowest BCUT2D eigenvalue weighted by atomic mass is 10.0. The zero-order chi connectivity index (χ0) is 19.2. The first-order chi connectivity index (χ1) is 12.4. The molecule has 0 atom stereocenters. The van der Waals surface area contributed by atoms with E-state index in [0.29, 0.717) is 0 Å². The summed E-state index contributed by atoms with van der Waals surface area (Å²) in [6.07, 6.45) is 5.21. The smallest absolute Gasteiger partial charge is 0.161 e. The topological polar surface area (TPSA) is 27.7 Å². The zero-order valence-corrected chi connectivity index (χ0v) is 19.2. The number of benzene rings is 2. The van der Waals surface area contributed by atoms with Crippen LogP contribution < -0.4 is 38.2 Å². The van der Waals surface area contributed by atoms with Crippen molar-refractivity contribution in [2.45, 2.75) is 6.42 Å². The molecule has 2 aromatic carbocycles. The minimum Gasteiger partial charge on any atom is -1.00 e. The van der Waals surface area contributed by atoms with E-state index in [2.05, 4.69) is 39.4 Å². The molecule has 0 spiro atoms. The molecule has 0 aliphatic heterocycles. The standard InChI is InChI=1S/C22H30NO3.HI/c1-23(2,3)14-13-19-16-22(26-6)21(25-5)15-18(19)10-7-17-8-11-20(24-4)12-9-17;/h7-12,15-16H,13-14H2,1-6H3;1H/q+1;/p-1/b10-7+;. The van der Waals surface area contributed by atoms with Gasteiger partial charge in [-0.2, -0.15) is 0 Å². The Bertz CT molecular complexity index is 749. The van der Waals surface area contributed by atoms with Crippen molar-refractivity contribution >= 4 is 12.2 Å². The van der Waals surface area contributed by atoms with Gasteiger partial charge in [-0.15, -0.1) is 0 Å². The molecule has 2 aromatic rings. The number of methoxy groups -OCH3 is 3. The predicted octanol–water partition coefficient (Wildman–Crippen LogP) is 1.14. The second-order valence-electron chi connectivity index (χ2n) is 7.28. The van der Waals surface area contributed by atoms with E-state index in [1.807, 2.05) is 30.3 Å². The SMILES string of the molecule is COc1ccc(/C=C/c2cc(OC)c(OC)cc2CC[N+](C)(C)C)cc1.[I-]. The van der Waals surface area contributed by atoms with E-state index in [4.69, 9.17) is 14.2 Å². The van der Waals surface area contributed by atoms with Gasteiger partial charge in [-0.1, -0.05) is 24.3 Å². The Labute approximate surface area is 180 Å². The highest BCUT2D eigenvalue weighted by atomic mass is 127. The van der Waals surface area contributed by atoms with Crippen molar-refractivity contribution in [1.29, 1.82) is 0 Å². The zero-order valence-electron chi connectivity index (χ0n) is 17.1. The van der Waals surface area contributed by atoms with Gasteiger partial charge in [0, 0.05) is 6.42 Å². The molecule has 0 fully saturated rings. The fourth-order valence-corrected chi connectivity index (χ4v) is 2.67. The summed E-state index contributed by atoms with van der Waals surface area (Å²) < 4.78 is 17.1. The highest BCUT2D eigenvalue weighted by Gasteiger charge is 2.13. The number of nitrogens with zero attached hydrogens (tertiary/aromatic N) is 1. The van der Waals surface area contributed by atoms with Crippen LogP contribution in [-0.4, -0.2) is 53.5 Å². The highest BCUT2D eigenvalue weighted by molar-refractivity contribution is 5.73. The Morgan fingerprint density at radius 1 is 0.815 bits per heavy atom. The Hall–Kier alpha value is -1.73. The van der Waals surface area contributed by atoms with Crippen molar-refractivity contribution < 1.29 is 42.7 Å². The third-order valence-corrected chi connectivity index (χ3v) is 4.27. The normalized spacial score (nSPS) is 11.2. The van der Waals surface area contributed by atoms with Gasteiger partial charge in [-0.3, -0.25) is 0 Å². The summed E-state index contributed by atoms with van der Waals surface area (Å²) in [5.41, 5.74) is 3.52. The van der Waals surface area contributed by atoms with Gasteiger partial charge in [0.25, 0.3) is 0 Å². The van der Waals surface area contributed by atoms with Gasteiger partial charge in [-0.05, 0) is 41.0 Å². The van der Waals surface area contributed by atoms with Crippen molar-refractivity contribution in [1.82, 2.24) is 0 Å². The number of likely N-dealkylation sites (N-methyl/N-ethyl adjacent to an activating group) is 1. The van der Waals surface area contributed by atoms with Gasteiger partial charge in [-0.25, -0.2) is 0 Å². The second-order valence-corrected chi connectivity index (χ2v) is 7.28. The summed E-state index contributed by atoms with van der Waals surface area (Å²) in [5.74, 6) is 2.37. The quantitative estimate of drug-likeness (QED) is 0.320. The predicted molar refractivity (Wildman–Crippen MR) is 108 cm³/mol. The van der Waals surface area contributed by atoms with Crippen LogP contribution in [0.15, 0.2) is 36.4 Å². The minimum atomic E-state index is 0. The van der Waals surface area contributed by atoms with Crippen molar-refractivity contribution in [3.05, 3.63) is 53.1 Å². The van der Waals surface area contributed by atoms with Crippen LogP contribution in [0, 0.1) is 0 Å². The number of quaternary nitrogens is 1. The van der Waals surface area contributed by atoms with Crippen LogP contribution in [0.1, 0.15) is 16.7 Å². The summed E-state index contributed by atoms with van der Waals surface area (Å²) in [6, 6.07) is 12.1. The van der Waals surface area contributed by atoms with Gasteiger partial charge >= 0.3 is 0 Å². The number of ether oxygens (including phenoxy) is 3. The molecule has 0 saturated heterocycles. The van der Waals surface area contributed by atoms with Crippen LogP contribution in [0.2, 0.25) is 0 Å². The molecule has 0 aliphatic rings. The monoisotopic (exact) mass is 483 g/mol. The summed E-state index contributed by atoms with van der Waals surface area (Å²) in [7, 11) is 11.6. The van der Waals surface area contributed by atoms with Crippen LogP contribution in [0.4, 0.5) is 0 Å². The minimum absolute atomic E-state index is 0. The number of hydrogen-bond donors (Lipinski definition) is 0. The molecule has 0 bridgehead atoms. The average molecular weight is 483 g/mol. The van der Waals surface area contributed by atoms with Crippen molar-refractivity contribution in [3.8, 4) is 17.2 Å². The van der Waals surface area contributed by atoms with Crippen molar-refractivity contribution in [3.63, 3.8) is 0 Å². The summed E-state index contributed by atoms with van der Waals surface area (Å²) >= 11 is 0. The summed E-state index contributed by atoms with van der Waals surface area (Å²) in [5, 5.41) is 0. The number of halogens is 1. The van der Waals surface area contributed by atoms with E-state index in [1.165, 1.54) is 5.56 Å². The first kappa shape index (κ1) is 23.3. The molecular weight excluding hydrogens is 453 g/mol. The van der Waals surface area contributed by atoms with Crippen LogP contribution in [0.25, 0.3) is 12.2 Å². The molecule has 2 rings (SSSR count). The lowest BCUT2D eigenvalue weighted by Gasteiger charge is -2.24. The highest BCUT2D eigenvalue weighted by Crippen LogP contribution is 2.32. The van der Waals surface area contributed by atoms with Gasteiger partial charge < -0.3 is 42.7 Å². The molecule has 5 heteroatoms. The second kappa shape index (κ2) is 10.6. The summed E-state index contributed by atoms with van der Waals surface area (Å²) in [4.78, 5) is 0. The number of hydrogen-bond acceptors (Lipinski definition) is 3. The maximum Gasteiger partial charge on any atom is 0.161 e. The first-order valence-corrected chi connectivity index (χ1v) is 8.74. The Balaban J connectivity index is 0.00000364. The Morgan fingerprint density at radius 3 is 1.93 bits per heavy atom. The van der Waals surface area contributed by atoms with Crippen molar-refractivity contribution in [2.75, 3.05) is 49.0 Å². The fourth-order valence-electron chi connectivity index (χ4n) is 2.67. The third kappa shape index (κ3) is 7.07. The first-order valence-electron chi connectivity index (χ1n) is 8.74. The van der Waals surface area contributed by atoms with Gasteiger partial charge in [0.2, 0.25) is 0 Å². The lowest BCUT2D eigenvalue weighted by Crippen LogP contribution is -3.00. The van der Waals surface area contributed by atoms with Gasteiger partial charge in [0.15, 0.2) is 11.5 Å². The molecule has 0 aliphatic carbocycles. The van der Waals surface area contributed by atoms with E-state index < -0.39 is 0 Å². The molecule has 0 unspecified atom stereocenters. The third-order valence-electron chi connectivity index (χ3n) is 4.27.